The van der Waals surface area contributed by atoms with Gasteiger partial charge >= 0.3 is 127 Å². The van der Waals surface area contributed by atoms with Crippen LogP contribution in [0.25, 0.3) is 0 Å². The molecule has 438 valence electrons. The van der Waals surface area contributed by atoms with Crippen molar-refractivity contribution < 1.29 is 215 Å². The quantitative estimate of drug-likeness (QED) is 0.0644. The first-order chi connectivity index (χ1) is 35.0. The molecular weight excluding hydrogens is 1460 g/mol. The zero-order valence-corrected chi connectivity index (χ0v) is 55.2. The number of ketones is 3. The van der Waals surface area contributed by atoms with E-state index < -0.39 is 79.0 Å². The van der Waals surface area contributed by atoms with E-state index >= 15 is 0 Å². The number of ether oxygens (including phenoxy) is 2. The van der Waals surface area contributed by atoms with E-state index in [1.54, 1.807) is 0 Å². The molecule has 0 radical (unpaired) electrons. The van der Waals surface area contributed by atoms with E-state index in [1.807, 2.05) is 36.4 Å². The monoisotopic (exact) mass is 1510 g/mol. The van der Waals surface area contributed by atoms with Crippen molar-refractivity contribution in [3.63, 3.8) is 0 Å². The van der Waals surface area contributed by atoms with Gasteiger partial charge in [-0.2, -0.15) is 52.7 Å². The molecule has 6 heterocycles. The van der Waals surface area contributed by atoms with Crippen molar-refractivity contribution in [3.8, 4) is 0 Å². The average Bonchev–Trinajstić information content (AvgIpc) is 3.95. The van der Waals surface area contributed by atoms with Gasteiger partial charge in [-0.25, -0.2) is 0 Å². The topological polar surface area (TPSA) is 209 Å². The molecule has 0 aromatic heterocycles. The summed E-state index contributed by atoms with van der Waals surface area (Å²) in [6.45, 7) is 3.14. The second kappa shape index (κ2) is 40.3. The molecule has 5 saturated heterocycles. The van der Waals surface area contributed by atoms with Gasteiger partial charge in [0.1, 0.15) is 31.3 Å². The van der Waals surface area contributed by atoms with Gasteiger partial charge in [0.05, 0.1) is 59.0 Å². The molecule has 79 heavy (non-hydrogen) atoms. The van der Waals surface area contributed by atoms with E-state index in [0.717, 1.165) is 43.1 Å². The molecule has 0 saturated carbocycles. The molecule has 8 rings (SSSR count). The van der Waals surface area contributed by atoms with Crippen molar-refractivity contribution in [2.75, 3.05) is 65.6 Å². The standard InChI is InChI=1S/C13H11BrF3NO2.C7H5BrClI.2C6H6F3NO2.C4H8O.C3H2ClF3O.C3H5NO.CH2O3.ClH.2K.H/c14-9-1-2-10-8(3-9)5-20-12(10)6-18(7-12)11(19)4-13(15,16)17;8-6-1-2-7(10)5(3-6)4-9;2*7-6(8,9)1-5(12)10-2-4(11)3-10;1-2-4-5-3-1;4-2(8)1-3(5,6)7;5-3-1-4-2-3;2-1-4-3;;;;/h1-3H,4-7H2;1-3H,4H2;2*1-3H2;1-4H2;1H2;4H,1-2H2;1,3H;1H;;;/q;;;;;;;;;2*+1;-1/p-1. The first-order valence-electron chi connectivity index (χ1n) is 21.3. The Balaban J connectivity index is -0.000000430. The minimum atomic E-state index is -4.48. The van der Waals surface area contributed by atoms with Crippen LogP contribution in [0, 0.1) is 3.57 Å². The van der Waals surface area contributed by atoms with E-state index in [4.69, 9.17) is 31.1 Å². The average molecular weight is 1510 g/mol. The fourth-order valence-corrected chi connectivity index (χ4v) is 7.87. The first kappa shape index (κ1) is 83.0. The van der Waals surface area contributed by atoms with E-state index in [0.29, 0.717) is 31.4 Å². The fourth-order valence-electron chi connectivity index (χ4n) is 5.93. The van der Waals surface area contributed by atoms with E-state index in [2.05, 4.69) is 76.3 Å². The Labute approximate surface area is 576 Å². The number of hydrogen-bond acceptors (Lipinski definition) is 13. The number of Topliss-reactive ketones (excluding diaryl/α,β-unsaturated/α-hetero) is 3. The normalized spacial score (nSPS) is 16.0. The van der Waals surface area contributed by atoms with Crippen LogP contribution in [0.1, 0.15) is 56.6 Å². The number of amides is 3. The summed E-state index contributed by atoms with van der Waals surface area (Å²) in [5.74, 6) is -2.44. The maximum atomic E-state index is 12.2. The Morgan fingerprint density at radius 2 is 1.09 bits per heavy atom. The summed E-state index contributed by atoms with van der Waals surface area (Å²) in [5.41, 5.74) is 2.55. The summed E-state index contributed by atoms with van der Waals surface area (Å²) in [7, 11) is 0. The number of nitrogens with one attached hydrogen (secondary N) is 1. The molecule has 0 atom stereocenters. The number of carbonyl (C=O) groups excluding carboxylic acids is 8. The molecule has 0 bridgehead atoms. The largest absolute Gasteiger partial charge is 1.00 e. The second-order valence-corrected chi connectivity index (χ2v) is 19.6. The van der Waals surface area contributed by atoms with Gasteiger partial charge in [-0.1, -0.05) is 37.9 Å². The maximum Gasteiger partial charge on any atom is 1.00 e. The number of alkyl halides is 13. The van der Waals surface area contributed by atoms with Crippen LogP contribution >= 0.6 is 90.1 Å². The van der Waals surface area contributed by atoms with Crippen LogP contribution in [-0.4, -0.2) is 152 Å². The number of hydrogen-bond donors (Lipinski definition) is 1. The summed E-state index contributed by atoms with van der Waals surface area (Å²) in [6.07, 6.45) is -21.2. The Bertz CT molecular complexity index is 2240. The van der Waals surface area contributed by atoms with Crippen LogP contribution < -0.4 is 113 Å². The number of fused-ring (bicyclic) bond motifs is 2. The van der Waals surface area contributed by atoms with Crippen LogP contribution in [0.3, 0.4) is 0 Å². The van der Waals surface area contributed by atoms with Gasteiger partial charge in [-0.05, 0) is 94.1 Å². The van der Waals surface area contributed by atoms with Gasteiger partial charge < -0.3 is 41.1 Å². The van der Waals surface area contributed by atoms with Crippen molar-refractivity contribution in [3.05, 3.63) is 65.6 Å². The third kappa shape index (κ3) is 37.1. The van der Waals surface area contributed by atoms with Gasteiger partial charge in [0.15, 0.2) is 17.3 Å². The summed E-state index contributed by atoms with van der Waals surface area (Å²) < 4.78 is 153. The van der Waals surface area contributed by atoms with Crippen molar-refractivity contribution in [2.24, 2.45) is 0 Å². The molecule has 2 aromatic carbocycles. The van der Waals surface area contributed by atoms with Gasteiger partial charge in [0, 0.05) is 31.6 Å². The molecule has 36 heteroatoms. The van der Waals surface area contributed by atoms with Crippen LogP contribution in [0.15, 0.2) is 45.3 Å². The zero-order valence-electron chi connectivity index (χ0n) is 42.3. The zero-order chi connectivity index (χ0) is 58.2. The molecule has 5 fully saturated rings. The molecule has 0 aliphatic carbocycles. The number of rotatable bonds is 6. The molecule has 1 N–H and O–H groups in total. The van der Waals surface area contributed by atoms with Crippen LogP contribution in [0.5, 0.6) is 0 Å². The molecular formula is C43H46Br2Cl3F12IK2N4O12. The molecule has 3 amide bonds. The maximum absolute atomic E-state index is 12.2. The number of nitrogens with zero attached hydrogens (tertiary/aromatic N) is 3. The van der Waals surface area contributed by atoms with Crippen molar-refractivity contribution in [1.82, 2.24) is 20.0 Å². The van der Waals surface area contributed by atoms with Crippen LogP contribution in [-0.2, 0) is 70.8 Å². The van der Waals surface area contributed by atoms with Crippen molar-refractivity contribution in [2.45, 2.75) is 81.3 Å². The van der Waals surface area contributed by atoms with E-state index in [9.17, 15) is 86.2 Å². The van der Waals surface area contributed by atoms with Gasteiger partial charge in [0.25, 0.3) is 6.47 Å². The molecule has 2 aromatic rings. The fraction of sp³-hybridized carbons (Fsp3) is 0.535. The Morgan fingerprint density at radius 1 is 0.709 bits per heavy atom. The molecule has 6 aliphatic rings. The predicted octanol–water partition coefficient (Wildman–Crippen LogP) is 2.10. The molecule has 1 spiro atoms. The van der Waals surface area contributed by atoms with Crippen LogP contribution in [0.2, 0.25) is 0 Å². The van der Waals surface area contributed by atoms with Gasteiger partial charge in [-0.3, -0.25) is 38.4 Å². The first-order valence-corrected chi connectivity index (χ1v) is 24.9. The predicted molar refractivity (Wildman–Crippen MR) is 264 cm³/mol. The Morgan fingerprint density at radius 3 is 1.37 bits per heavy atom. The third-order valence-corrected chi connectivity index (χ3v) is 12.0. The summed E-state index contributed by atoms with van der Waals surface area (Å²) in [6, 6.07) is 11.8. The van der Waals surface area contributed by atoms with Gasteiger partial charge in [0.2, 0.25) is 23.0 Å². The summed E-state index contributed by atoms with van der Waals surface area (Å²) in [4.78, 5) is 86.9. The van der Waals surface area contributed by atoms with E-state index in [1.165, 1.54) is 26.9 Å². The third-order valence-electron chi connectivity index (χ3n) is 9.54. The Kier molecular flexibility index (Phi) is 42.3. The SMILES string of the molecule is C1CCOC1.Cl.ClCc1cc(Br)ccc1I.O=C(CC(F)(F)F)N1CC2(C1)OCc1cc(Br)ccc12.O=C(Cl)CC(F)(F)F.O=C1CN(C(=O)CC(F)(F)F)C1.O=C1CN(C(=O)CC(F)(F)F)C1.O=C1CNC1.O=CO[O-].[H-].[K+].[K+]. The number of likely N-dealkylation sites (tertiary alicyclic amines) is 3. The molecule has 0 unspecified atom stereocenters. The van der Waals surface area contributed by atoms with Crippen molar-refractivity contribution in [1.29, 1.82) is 0 Å². The minimum Gasteiger partial charge on any atom is -1.00 e. The molecule has 6 aliphatic heterocycles. The second-order valence-electron chi connectivity index (χ2n) is 16.0. The smallest absolute Gasteiger partial charge is 1.00 e. The number of carbonyl (C=O) groups is 8. The van der Waals surface area contributed by atoms with E-state index in [-0.39, 0.29) is 174 Å². The minimum absolute atomic E-state index is 0. The number of halogens is 18. The number of benzene rings is 2. The summed E-state index contributed by atoms with van der Waals surface area (Å²) in [5, 5.41) is 9.86. The van der Waals surface area contributed by atoms with Crippen molar-refractivity contribution >= 4 is 137 Å². The Hall–Kier alpha value is -0.167. The van der Waals surface area contributed by atoms with Gasteiger partial charge in [-0.15, -0.1) is 24.0 Å². The molecule has 16 nitrogen and oxygen atoms in total. The summed E-state index contributed by atoms with van der Waals surface area (Å²) >= 11 is 19.1. The van der Waals surface area contributed by atoms with Crippen LogP contribution in [0.4, 0.5) is 52.7 Å².